The fourth-order valence-corrected chi connectivity index (χ4v) is 3.61. The van der Waals surface area contributed by atoms with Crippen LogP contribution in [-0.4, -0.2) is 28.2 Å². The summed E-state index contributed by atoms with van der Waals surface area (Å²) in [5, 5.41) is 12.4. The molecule has 0 aromatic heterocycles. The predicted octanol–water partition coefficient (Wildman–Crippen LogP) is 1.29. The van der Waals surface area contributed by atoms with Crippen molar-refractivity contribution >= 4 is 17.7 Å². The highest BCUT2D eigenvalue weighted by Gasteiger charge is 2.35. The minimum atomic E-state index is -0.701. The Morgan fingerprint density at radius 3 is 2.62 bits per heavy atom. The second-order valence-electron chi connectivity index (χ2n) is 3.86. The molecule has 0 aromatic rings. The summed E-state index contributed by atoms with van der Waals surface area (Å²) >= 11 is 1.78. The van der Waals surface area contributed by atoms with E-state index >= 15 is 0 Å². The molecule has 4 heteroatoms. The van der Waals surface area contributed by atoms with Crippen LogP contribution >= 0.6 is 11.8 Å². The van der Waals surface area contributed by atoms with Gasteiger partial charge in [-0.15, -0.1) is 11.8 Å². The molecule has 1 heterocycles. The van der Waals surface area contributed by atoms with Crippen LogP contribution in [0.5, 0.6) is 0 Å². The molecule has 1 aliphatic heterocycles. The quantitative estimate of drug-likeness (QED) is 0.707. The average molecular weight is 201 g/mol. The molecule has 0 bridgehead atoms. The minimum Gasteiger partial charge on any atom is -0.480 e. The lowest BCUT2D eigenvalue weighted by atomic mass is 10.1. The standard InChI is InChI=1S/C9H15NO2S/c11-9(12)7-5-13-8(10-7)6-3-1-2-4-6/h6-8,10H,1-5H2,(H,11,12). The highest BCUT2D eigenvalue weighted by Crippen LogP contribution is 2.35. The molecule has 1 aliphatic carbocycles. The molecule has 0 spiro atoms. The number of hydrogen-bond donors (Lipinski definition) is 2. The number of aliphatic carboxylic acids is 1. The number of thioether (sulfide) groups is 1. The molecule has 13 heavy (non-hydrogen) atoms. The smallest absolute Gasteiger partial charge is 0.321 e. The van der Waals surface area contributed by atoms with Crippen LogP contribution in [0, 0.1) is 5.92 Å². The van der Waals surface area contributed by atoms with E-state index < -0.39 is 5.97 Å². The highest BCUT2D eigenvalue weighted by molar-refractivity contribution is 8.00. The van der Waals surface area contributed by atoms with Crippen molar-refractivity contribution in [2.45, 2.75) is 37.1 Å². The maximum atomic E-state index is 10.7. The van der Waals surface area contributed by atoms with Gasteiger partial charge in [-0.1, -0.05) is 12.8 Å². The lowest BCUT2D eigenvalue weighted by Gasteiger charge is -2.17. The van der Waals surface area contributed by atoms with Crippen LogP contribution in [-0.2, 0) is 4.79 Å². The van der Waals surface area contributed by atoms with Gasteiger partial charge in [0.15, 0.2) is 0 Å². The topological polar surface area (TPSA) is 49.3 Å². The Balaban J connectivity index is 1.86. The van der Waals surface area contributed by atoms with E-state index in [0.29, 0.717) is 11.3 Å². The van der Waals surface area contributed by atoms with Gasteiger partial charge in [0.2, 0.25) is 0 Å². The highest BCUT2D eigenvalue weighted by atomic mass is 32.2. The third-order valence-corrected chi connectivity index (χ3v) is 4.34. The number of hydrogen-bond acceptors (Lipinski definition) is 3. The number of carboxylic acid groups (broad SMARTS) is 1. The van der Waals surface area contributed by atoms with Crippen molar-refractivity contribution in [3.8, 4) is 0 Å². The van der Waals surface area contributed by atoms with Gasteiger partial charge in [-0.3, -0.25) is 10.1 Å². The molecule has 0 amide bonds. The summed E-state index contributed by atoms with van der Waals surface area (Å²) in [4.78, 5) is 10.7. The molecular weight excluding hydrogens is 186 g/mol. The van der Waals surface area contributed by atoms with Crippen molar-refractivity contribution in [1.29, 1.82) is 0 Å². The van der Waals surface area contributed by atoms with E-state index in [1.807, 2.05) is 0 Å². The van der Waals surface area contributed by atoms with Crippen molar-refractivity contribution in [2.24, 2.45) is 5.92 Å². The van der Waals surface area contributed by atoms with Crippen LogP contribution in [0.1, 0.15) is 25.7 Å². The monoisotopic (exact) mass is 201 g/mol. The zero-order valence-electron chi connectivity index (χ0n) is 7.53. The van der Waals surface area contributed by atoms with Crippen LogP contribution in [0.3, 0.4) is 0 Å². The molecule has 2 N–H and O–H groups in total. The first-order valence-electron chi connectivity index (χ1n) is 4.88. The molecule has 74 valence electrons. The first kappa shape index (κ1) is 9.34. The summed E-state index contributed by atoms with van der Waals surface area (Å²) in [6.07, 6.45) is 5.19. The Labute approximate surface area is 82.3 Å². The number of nitrogens with one attached hydrogen (secondary N) is 1. The van der Waals surface area contributed by atoms with E-state index in [0.717, 1.165) is 5.75 Å². The average Bonchev–Trinajstić information content (AvgIpc) is 2.75. The van der Waals surface area contributed by atoms with Crippen LogP contribution in [0.4, 0.5) is 0 Å². The van der Waals surface area contributed by atoms with E-state index in [9.17, 15) is 4.79 Å². The number of carboxylic acids is 1. The van der Waals surface area contributed by atoms with Crippen molar-refractivity contribution in [3.63, 3.8) is 0 Å². The SMILES string of the molecule is O=C(O)C1CSC(C2CCCC2)N1. The minimum absolute atomic E-state index is 0.310. The third-order valence-electron chi connectivity index (χ3n) is 2.93. The zero-order chi connectivity index (χ0) is 9.26. The van der Waals surface area contributed by atoms with Gasteiger partial charge in [0, 0.05) is 5.75 Å². The lowest BCUT2D eigenvalue weighted by Crippen LogP contribution is -2.38. The number of carbonyl (C=O) groups is 1. The van der Waals surface area contributed by atoms with E-state index in [1.54, 1.807) is 11.8 Å². The molecule has 2 unspecified atom stereocenters. The van der Waals surface area contributed by atoms with E-state index in [1.165, 1.54) is 25.7 Å². The maximum absolute atomic E-state index is 10.7. The van der Waals surface area contributed by atoms with Crippen molar-refractivity contribution in [3.05, 3.63) is 0 Å². The van der Waals surface area contributed by atoms with Crippen LogP contribution in [0.2, 0.25) is 0 Å². The van der Waals surface area contributed by atoms with Crippen LogP contribution in [0.15, 0.2) is 0 Å². The van der Waals surface area contributed by atoms with Crippen molar-refractivity contribution < 1.29 is 9.90 Å². The zero-order valence-corrected chi connectivity index (χ0v) is 8.35. The van der Waals surface area contributed by atoms with Gasteiger partial charge < -0.3 is 5.11 Å². The van der Waals surface area contributed by atoms with Gasteiger partial charge in [0.05, 0.1) is 5.37 Å². The van der Waals surface area contributed by atoms with E-state index in [4.69, 9.17) is 5.11 Å². The first-order chi connectivity index (χ1) is 6.27. The first-order valence-corrected chi connectivity index (χ1v) is 5.92. The summed E-state index contributed by atoms with van der Waals surface area (Å²) in [6.45, 7) is 0. The summed E-state index contributed by atoms with van der Waals surface area (Å²) in [5.41, 5.74) is 0. The number of rotatable bonds is 2. The lowest BCUT2D eigenvalue weighted by molar-refractivity contribution is -0.138. The van der Waals surface area contributed by atoms with E-state index in [2.05, 4.69) is 5.32 Å². The molecule has 2 atom stereocenters. The summed E-state index contributed by atoms with van der Waals surface area (Å²) in [5.74, 6) is 0.749. The molecular formula is C9H15NO2S. The molecule has 2 aliphatic rings. The summed E-state index contributed by atoms with van der Waals surface area (Å²) < 4.78 is 0. The van der Waals surface area contributed by atoms with E-state index in [-0.39, 0.29) is 6.04 Å². The largest absolute Gasteiger partial charge is 0.480 e. The molecule has 1 saturated heterocycles. The third kappa shape index (κ3) is 1.99. The predicted molar refractivity (Wildman–Crippen MR) is 52.8 cm³/mol. The second-order valence-corrected chi connectivity index (χ2v) is 5.03. The van der Waals surface area contributed by atoms with Gasteiger partial charge in [-0.25, -0.2) is 0 Å². The van der Waals surface area contributed by atoms with Crippen molar-refractivity contribution in [2.75, 3.05) is 5.75 Å². The Morgan fingerprint density at radius 2 is 2.08 bits per heavy atom. The van der Waals surface area contributed by atoms with Gasteiger partial charge in [-0.05, 0) is 18.8 Å². The molecule has 1 saturated carbocycles. The molecule has 3 nitrogen and oxygen atoms in total. The Bertz CT molecular complexity index is 204. The molecule has 0 radical (unpaired) electrons. The van der Waals surface area contributed by atoms with Crippen molar-refractivity contribution in [1.82, 2.24) is 5.32 Å². The Morgan fingerprint density at radius 1 is 1.38 bits per heavy atom. The fourth-order valence-electron chi connectivity index (χ4n) is 2.17. The Kier molecular flexibility index (Phi) is 2.79. The van der Waals surface area contributed by atoms with Gasteiger partial charge in [-0.2, -0.15) is 0 Å². The maximum Gasteiger partial charge on any atom is 0.321 e. The van der Waals surface area contributed by atoms with Crippen LogP contribution in [0.25, 0.3) is 0 Å². The fraction of sp³-hybridized carbons (Fsp3) is 0.889. The summed E-state index contributed by atoms with van der Waals surface area (Å²) in [6, 6.07) is -0.310. The second kappa shape index (κ2) is 3.88. The Hall–Kier alpha value is -0.220. The van der Waals surface area contributed by atoms with Gasteiger partial charge in [0.1, 0.15) is 6.04 Å². The molecule has 2 rings (SSSR count). The van der Waals surface area contributed by atoms with Gasteiger partial charge >= 0.3 is 5.97 Å². The molecule has 0 aromatic carbocycles. The normalized spacial score (nSPS) is 35.4. The van der Waals surface area contributed by atoms with Crippen LogP contribution < -0.4 is 5.32 Å². The van der Waals surface area contributed by atoms with Gasteiger partial charge in [0.25, 0.3) is 0 Å². The summed E-state index contributed by atoms with van der Waals surface area (Å²) in [7, 11) is 0. The molecule has 2 fully saturated rings.